The third kappa shape index (κ3) is 1.49. The number of hydrogen-bond donors (Lipinski definition) is 1. The molecule has 2 aromatic rings. The Kier molecular flexibility index (Phi) is 2.03. The van der Waals surface area contributed by atoms with Gasteiger partial charge in [0.05, 0.1) is 0 Å². The second-order valence-electron chi connectivity index (χ2n) is 2.67. The lowest BCUT2D eigenvalue weighted by Gasteiger charge is -2.03. The molecule has 0 radical (unpaired) electrons. The Morgan fingerprint density at radius 2 is 1.93 bits per heavy atom. The molecule has 1 aromatic carbocycles. The molecule has 0 saturated heterocycles. The van der Waals surface area contributed by atoms with Crippen LogP contribution in [0.4, 0.5) is 19.1 Å². The number of nitrogens with zero attached hydrogens (tertiary/aromatic N) is 4. The van der Waals surface area contributed by atoms with Gasteiger partial charge in [0.15, 0.2) is 11.6 Å². The van der Waals surface area contributed by atoms with Gasteiger partial charge in [-0.2, -0.15) is 4.68 Å². The summed E-state index contributed by atoms with van der Waals surface area (Å²) in [7, 11) is 0. The van der Waals surface area contributed by atoms with Crippen molar-refractivity contribution in [3.63, 3.8) is 0 Å². The monoisotopic (exact) mass is 215 g/mol. The first-order valence-corrected chi connectivity index (χ1v) is 3.78. The molecule has 8 heteroatoms. The summed E-state index contributed by atoms with van der Waals surface area (Å²) in [6.07, 6.45) is 0. The summed E-state index contributed by atoms with van der Waals surface area (Å²) in [6, 6.07) is 1.16. The molecule has 5 nitrogen and oxygen atoms in total. The fourth-order valence-corrected chi connectivity index (χ4v) is 1.06. The second kappa shape index (κ2) is 3.23. The Hall–Kier alpha value is -2.12. The number of aromatic nitrogens is 4. The molecule has 0 aliphatic heterocycles. The number of nitrogens with two attached hydrogens (primary N) is 1. The standard InChI is InChI=1S/C7H4F3N5/c8-3-1-4(9)6(10)5(2-3)15-7(11)12-13-14-15/h1-2H,(H2,11,12,14). The van der Waals surface area contributed by atoms with E-state index in [9.17, 15) is 13.2 Å². The van der Waals surface area contributed by atoms with Crippen LogP contribution in [-0.2, 0) is 0 Å². The van der Waals surface area contributed by atoms with Gasteiger partial charge in [-0.25, -0.2) is 13.2 Å². The molecule has 0 aliphatic carbocycles. The number of hydrogen-bond acceptors (Lipinski definition) is 4. The SMILES string of the molecule is Nc1nnnn1-c1cc(F)cc(F)c1F. The van der Waals surface area contributed by atoms with Crippen molar-refractivity contribution in [1.82, 2.24) is 20.2 Å². The third-order valence-corrected chi connectivity index (χ3v) is 1.70. The van der Waals surface area contributed by atoms with E-state index in [0.29, 0.717) is 10.7 Å². The fraction of sp³-hybridized carbons (Fsp3) is 0. The number of nitrogen functional groups attached to an aromatic ring is 1. The van der Waals surface area contributed by atoms with E-state index in [1.54, 1.807) is 0 Å². The highest BCUT2D eigenvalue weighted by Gasteiger charge is 2.15. The zero-order valence-corrected chi connectivity index (χ0v) is 7.15. The molecule has 0 bridgehead atoms. The molecule has 0 spiro atoms. The number of halogens is 3. The predicted molar refractivity (Wildman–Crippen MR) is 43.4 cm³/mol. The van der Waals surface area contributed by atoms with E-state index in [-0.39, 0.29) is 5.95 Å². The molecule has 15 heavy (non-hydrogen) atoms. The van der Waals surface area contributed by atoms with Gasteiger partial charge in [-0.1, -0.05) is 5.10 Å². The first kappa shape index (κ1) is 9.44. The third-order valence-electron chi connectivity index (χ3n) is 1.70. The summed E-state index contributed by atoms with van der Waals surface area (Å²) in [5, 5.41) is 9.67. The summed E-state index contributed by atoms with van der Waals surface area (Å²) < 4.78 is 39.5. The molecule has 1 heterocycles. The van der Waals surface area contributed by atoms with Gasteiger partial charge in [-0.3, -0.25) is 0 Å². The molecule has 2 N–H and O–H groups in total. The summed E-state index contributed by atoms with van der Waals surface area (Å²) in [6.45, 7) is 0. The van der Waals surface area contributed by atoms with Crippen LogP contribution in [0.25, 0.3) is 5.69 Å². The van der Waals surface area contributed by atoms with Gasteiger partial charge in [0.1, 0.15) is 11.5 Å². The van der Waals surface area contributed by atoms with Crippen LogP contribution in [0.3, 0.4) is 0 Å². The number of anilines is 1. The molecule has 1 aromatic heterocycles. The van der Waals surface area contributed by atoms with E-state index < -0.39 is 23.1 Å². The van der Waals surface area contributed by atoms with Crippen molar-refractivity contribution in [2.75, 3.05) is 5.73 Å². The summed E-state index contributed by atoms with van der Waals surface area (Å²) >= 11 is 0. The zero-order valence-electron chi connectivity index (χ0n) is 7.15. The van der Waals surface area contributed by atoms with Crippen LogP contribution in [0.5, 0.6) is 0 Å². The molecule has 0 unspecified atom stereocenters. The maximum absolute atomic E-state index is 13.2. The predicted octanol–water partition coefficient (Wildman–Crippen LogP) is 0.662. The minimum absolute atomic E-state index is 0.265. The molecule has 0 saturated carbocycles. The van der Waals surface area contributed by atoms with E-state index in [4.69, 9.17) is 5.73 Å². The Morgan fingerprint density at radius 3 is 2.53 bits per heavy atom. The number of tetrazole rings is 1. The van der Waals surface area contributed by atoms with Crippen LogP contribution >= 0.6 is 0 Å². The minimum Gasteiger partial charge on any atom is -0.366 e. The molecular weight excluding hydrogens is 211 g/mol. The van der Waals surface area contributed by atoms with Gasteiger partial charge in [0.25, 0.3) is 0 Å². The van der Waals surface area contributed by atoms with E-state index in [2.05, 4.69) is 15.5 Å². The van der Waals surface area contributed by atoms with Gasteiger partial charge >= 0.3 is 0 Å². The normalized spacial score (nSPS) is 10.6. The van der Waals surface area contributed by atoms with Gasteiger partial charge < -0.3 is 5.73 Å². The Morgan fingerprint density at radius 1 is 1.20 bits per heavy atom. The van der Waals surface area contributed by atoms with Crippen molar-refractivity contribution < 1.29 is 13.2 Å². The molecule has 0 atom stereocenters. The smallest absolute Gasteiger partial charge is 0.245 e. The van der Waals surface area contributed by atoms with Gasteiger partial charge in [0, 0.05) is 12.1 Å². The lowest BCUT2D eigenvalue weighted by atomic mass is 10.3. The number of benzene rings is 1. The van der Waals surface area contributed by atoms with E-state index in [1.807, 2.05) is 0 Å². The molecular formula is C7H4F3N5. The molecule has 2 rings (SSSR count). The summed E-state index contributed by atoms with van der Waals surface area (Å²) in [5.74, 6) is -3.81. The largest absolute Gasteiger partial charge is 0.366 e. The van der Waals surface area contributed by atoms with Crippen molar-refractivity contribution in [3.05, 3.63) is 29.6 Å². The Bertz CT molecular complexity index is 509. The second-order valence-corrected chi connectivity index (χ2v) is 2.67. The molecule has 78 valence electrons. The van der Waals surface area contributed by atoms with Crippen molar-refractivity contribution >= 4 is 5.95 Å². The van der Waals surface area contributed by atoms with Gasteiger partial charge in [-0.15, -0.1) is 0 Å². The fourth-order valence-electron chi connectivity index (χ4n) is 1.06. The Balaban J connectivity index is 2.68. The maximum atomic E-state index is 13.2. The molecule has 0 fully saturated rings. The molecule has 0 amide bonds. The van der Waals surface area contributed by atoms with E-state index in [1.165, 1.54) is 0 Å². The maximum Gasteiger partial charge on any atom is 0.245 e. The topological polar surface area (TPSA) is 69.6 Å². The highest BCUT2D eigenvalue weighted by molar-refractivity contribution is 5.38. The van der Waals surface area contributed by atoms with Crippen LogP contribution in [0.1, 0.15) is 0 Å². The van der Waals surface area contributed by atoms with E-state index in [0.717, 1.165) is 6.07 Å². The van der Waals surface area contributed by atoms with Crippen LogP contribution in [-0.4, -0.2) is 20.2 Å². The first-order chi connectivity index (χ1) is 7.09. The van der Waals surface area contributed by atoms with Crippen molar-refractivity contribution in [2.24, 2.45) is 0 Å². The Labute approximate surface area is 81.3 Å². The number of rotatable bonds is 1. The highest BCUT2D eigenvalue weighted by atomic mass is 19.2. The first-order valence-electron chi connectivity index (χ1n) is 3.78. The van der Waals surface area contributed by atoms with Crippen LogP contribution < -0.4 is 5.73 Å². The van der Waals surface area contributed by atoms with Gasteiger partial charge in [0.2, 0.25) is 5.95 Å². The van der Waals surface area contributed by atoms with E-state index >= 15 is 0 Å². The average molecular weight is 215 g/mol. The molecule has 0 aliphatic rings. The quantitative estimate of drug-likeness (QED) is 0.709. The lowest BCUT2D eigenvalue weighted by Crippen LogP contribution is -2.06. The lowest BCUT2D eigenvalue weighted by molar-refractivity contribution is 0.487. The van der Waals surface area contributed by atoms with Crippen molar-refractivity contribution in [2.45, 2.75) is 0 Å². The summed E-state index contributed by atoms with van der Waals surface area (Å²) in [4.78, 5) is 0. The van der Waals surface area contributed by atoms with Crippen LogP contribution in [0, 0.1) is 17.5 Å². The van der Waals surface area contributed by atoms with Gasteiger partial charge in [-0.05, 0) is 10.4 Å². The van der Waals surface area contributed by atoms with Crippen LogP contribution in [0.2, 0.25) is 0 Å². The minimum atomic E-state index is -1.33. The van der Waals surface area contributed by atoms with Crippen molar-refractivity contribution in [3.8, 4) is 5.69 Å². The zero-order chi connectivity index (χ0) is 11.0. The summed E-state index contributed by atoms with van der Waals surface area (Å²) in [5.41, 5.74) is 4.78. The van der Waals surface area contributed by atoms with Crippen LogP contribution in [0.15, 0.2) is 12.1 Å². The highest BCUT2D eigenvalue weighted by Crippen LogP contribution is 2.18. The van der Waals surface area contributed by atoms with Crippen molar-refractivity contribution in [1.29, 1.82) is 0 Å². The average Bonchev–Trinajstić information content (AvgIpc) is 2.58.